The van der Waals surface area contributed by atoms with Gasteiger partial charge in [-0.15, -0.1) is 12.3 Å². The van der Waals surface area contributed by atoms with Crippen LogP contribution in [-0.2, 0) is 6.42 Å². The summed E-state index contributed by atoms with van der Waals surface area (Å²) in [6.07, 6.45) is 8.54. The average molecular weight is 221 g/mol. The lowest BCUT2D eigenvalue weighted by molar-refractivity contribution is 0.589. The average Bonchev–Trinajstić information content (AvgIpc) is 2.31. The molecule has 0 aromatic carbocycles. The first-order valence-electron chi connectivity index (χ1n) is 5.42. The van der Waals surface area contributed by atoms with Gasteiger partial charge in [-0.25, -0.2) is 14.4 Å². The predicted octanol–water partition coefficient (Wildman–Crippen LogP) is 2.39. The van der Waals surface area contributed by atoms with E-state index < -0.39 is 0 Å². The Morgan fingerprint density at radius 2 is 2.25 bits per heavy atom. The number of halogens is 1. The van der Waals surface area contributed by atoms with Crippen LogP contribution in [0, 0.1) is 18.2 Å². The third-order valence-corrected chi connectivity index (χ3v) is 2.39. The van der Waals surface area contributed by atoms with Gasteiger partial charge in [0.1, 0.15) is 6.33 Å². The molecule has 0 fully saturated rings. The molecule has 16 heavy (non-hydrogen) atoms. The highest BCUT2D eigenvalue weighted by Gasteiger charge is 2.12. The molecule has 0 saturated carbocycles. The fourth-order valence-corrected chi connectivity index (χ4v) is 1.39. The van der Waals surface area contributed by atoms with Crippen LogP contribution in [0.4, 0.5) is 10.2 Å². The number of nitrogens with zero attached hydrogens (tertiary/aromatic N) is 2. The highest BCUT2D eigenvalue weighted by Crippen LogP contribution is 2.15. The second-order valence-electron chi connectivity index (χ2n) is 3.49. The zero-order valence-corrected chi connectivity index (χ0v) is 9.63. The molecule has 0 radical (unpaired) electrons. The van der Waals surface area contributed by atoms with Crippen LogP contribution in [0.2, 0.25) is 0 Å². The van der Waals surface area contributed by atoms with E-state index in [1.54, 1.807) is 0 Å². The fourth-order valence-electron chi connectivity index (χ4n) is 1.39. The number of anilines is 1. The predicted molar refractivity (Wildman–Crippen MR) is 62.5 cm³/mol. The van der Waals surface area contributed by atoms with Gasteiger partial charge in [-0.1, -0.05) is 13.8 Å². The Balaban J connectivity index is 2.84. The van der Waals surface area contributed by atoms with Crippen molar-refractivity contribution in [1.82, 2.24) is 9.97 Å². The maximum Gasteiger partial charge on any atom is 0.186 e. The first-order valence-corrected chi connectivity index (χ1v) is 5.42. The summed E-state index contributed by atoms with van der Waals surface area (Å²) in [6, 6.07) is 0.0547. The van der Waals surface area contributed by atoms with Crippen LogP contribution in [-0.4, -0.2) is 16.0 Å². The summed E-state index contributed by atoms with van der Waals surface area (Å²) in [4.78, 5) is 7.76. The number of aromatic nitrogens is 2. The monoisotopic (exact) mass is 221 g/mol. The molecule has 1 N–H and O–H groups in total. The third kappa shape index (κ3) is 2.93. The minimum Gasteiger partial charge on any atom is -0.364 e. The van der Waals surface area contributed by atoms with Crippen LogP contribution in [0.5, 0.6) is 0 Å². The van der Waals surface area contributed by atoms with Crippen LogP contribution < -0.4 is 5.32 Å². The largest absolute Gasteiger partial charge is 0.364 e. The Morgan fingerprint density at radius 3 is 2.81 bits per heavy atom. The van der Waals surface area contributed by atoms with Crippen LogP contribution in [0.25, 0.3) is 0 Å². The summed E-state index contributed by atoms with van der Waals surface area (Å²) < 4.78 is 13.8. The standard InChI is InChI=1S/C12H16FN3/c1-4-7-9(5-2)16-12-11(13)10(6-3)14-8-15-12/h1,8-9H,5-7H2,2-3H3,(H,14,15,16). The fraction of sp³-hybridized carbons (Fsp3) is 0.500. The van der Waals surface area contributed by atoms with Crippen LogP contribution in [0.3, 0.4) is 0 Å². The number of terminal acetylenes is 1. The van der Waals surface area contributed by atoms with Crippen LogP contribution in [0.1, 0.15) is 32.4 Å². The van der Waals surface area contributed by atoms with Crippen molar-refractivity contribution in [3.8, 4) is 12.3 Å². The molecule has 0 aliphatic carbocycles. The second kappa shape index (κ2) is 6.06. The van der Waals surface area contributed by atoms with Gasteiger partial charge in [-0.3, -0.25) is 0 Å². The molecular weight excluding hydrogens is 205 g/mol. The molecule has 86 valence electrons. The van der Waals surface area contributed by atoms with Crippen LogP contribution >= 0.6 is 0 Å². The zero-order chi connectivity index (χ0) is 12.0. The van der Waals surface area contributed by atoms with Gasteiger partial charge < -0.3 is 5.32 Å². The lowest BCUT2D eigenvalue weighted by atomic mass is 10.1. The van der Waals surface area contributed by atoms with Gasteiger partial charge >= 0.3 is 0 Å². The van der Waals surface area contributed by atoms with Gasteiger partial charge in [0, 0.05) is 12.5 Å². The van der Waals surface area contributed by atoms with Gasteiger partial charge in [0.15, 0.2) is 11.6 Å². The van der Waals surface area contributed by atoms with Crippen molar-refractivity contribution >= 4 is 5.82 Å². The first-order chi connectivity index (χ1) is 7.72. The Labute approximate surface area is 95.5 Å². The van der Waals surface area contributed by atoms with Gasteiger partial charge in [0.2, 0.25) is 0 Å². The Morgan fingerprint density at radius 1 is 1.50 bits per heavy atom. The first kappa shape index (κ1) is 12.4. The summed E-state index contributed by atoms with van der Waals surface area (Å²) >= 11 is 0. The van der Waals surface area contributed by atoms with Gasteiger partial charge in [-0.05, 0) is 12.8 Å². The second-order valence-corrected chi connectivity index (χ2v) is 3.49. The molecule has 1 rings (SSSR count). The van der Waals surface area contributed by atoms with E-state index in [0.717, 1.165) is 6.42 Å². The molecule has 3 nitrogen and oxygen atoms in total. The molecule has 1 atom stereocenters. The summed E-state index contributed by atoms with van der Waals surface area (Å²) in [5.74, 6) is 2.43. The highest BCUT2D eigenvalue weighted by atomic mass is 19.1. The van der Waals surface area contributed by atoms with Crippen molar-refractivity contribution in [3.63, 3.8) is 0 Å². The normalized spacial score (nSPS) is 11.9. The summed E-state index contributed by atoms with van der Waals surface area (Å²) in [5.41, 5.74) is 0.424. The van der Waals surface area contributed by atoms with Gasteiger partial charge in [0.05, 0.1) is 5.69 Å². The Hall–Kier alpha value is -1.63. The van der Waals surface area contributed by atoms with E-state index in [1.807, 2.05) is 13.8 Å². The van der Waals surface area contributed by atoms with E-state index in [1.165, 1.54) is 6.33 Å². The lowest BCUT2D eigenvalue weighted by Gasteiger charge is -2.15. The van der Waals surface area contributed by atoms with E-state index in [2.05, 4.69) is 21.2 Å². The molecule has 1 aromatic rings. The zero-order valence-electron chi connectivity index (χ0n) is 9.63. The van der Waals surface area contributed by atoms with E-state index >= 15 is 0 Å². The maximum absolute atomic E-state index is 13.8. The molecule has 1 aromatic heterocycles. The van der Waals surface area contributed by atoms with E-state index in [4.69, 9.17) is 6.42 Å². The molecule has 1 unspecified atom stereocenters. The Kier molecular flexibility index (Phi) is 4.71. The minimum absolute atomic E-state index is 0.0547. The number of hydrogen-bond donors (Lipinski definition) is 1. The van der Waals surface area contributed by atoms with E-state index in [9.17, 15) is 4.39 Å². The molecule has 0 bridgehead atoms. The van der Waals surface area contributed by atoms with Crippen LogP contribution in [0.15, 0.2) is 6.33 Å². The van der Waals surface area contributed by atoms with Gasteiger partial charge in [-0.2, -0.15) is 0 Å². The molecule has 1 heterocycles. The molecule has 0 aliphatic heterocycles. The molecular formula is C12H16FN3. The number of aryl methyl sites for hydroxylation is 1. The quantitative estimate of drug-likeness (QED) is 0.776. The minimum atomic E-state index is -0.375. The smallest absolute Gasteiger partial charge is 0.186 e. The van der Waals surface area contributed by atoms with Crippen molar-refractivity contribution in [2.45, 2.75) is 39.2 Å². The molecule has 0 saturated heterocycles. The van der Waals surface area contributed by atoms with Crippen molar-refractivity contribution in [1.29, 1.82) is 0 Å². The molecule has 4 heteroatoms. The molecule has 0 aliphatic rings. The topological polar surface area (TPSA) is 37.8 Å². The van der Waals surface area contributed by atoms with Crippen molar-refractivity contribution in [3.05, 3.63) is 17.8 Å². The molecule has 0 spiro atoms. The van der Waals surface area contributed by atoms with Crippen molar-refractivity contribution in [2.24, 2.45) is 0 Å². The summed E-state index contributed by atoms with van der Waals surface area (Å²) in [7, 11) is 0. The SMILES string of the molecule is C#CCC(CC)Nc1ncnc(CC)c1F. The maximum atomic E-state index is 13.8. The number of hydrogen-bond acceptors (Lipinski definition) is 3. The summed E-state index contributed by atoms with van der Waals surface area (Å²) in [5, 5.41) is 3.00. The lowest BCUT2D eigenvalue weighted by Crippen LogP contribution is -2.20. The summed E-state index contributed by atoms with van der Waals surface area (Å²) in [6.45, 7) is 3.85. The van der Waals surface area contributed by atoms with Gasteiger partial charge in [0.25, 0.3) is 0 Å². The highest BCUT2D eigenvalue weighted by molar-refractivity contribution is 5.38. The Bertz CT molecular complexity index is 384. The third-order valence-electron chi connectivity index (χ3n) is 2.39. The van der Waals surface area contributed by atoms with Crippen molar-refractivity contribution < 1.29 is 4.39 Å². The number of rotatable bonds is 5. The number of nitrogens with one attached hydrogen (secondary N) is 1. The van der Waals surface area contributed by atoms with E-state index in [-0.39, 0.29) is 17.7 Å². The van der Waals surface area contributed by atoms with Crippen molar-refractivity contribution in [2.75, 3.05) is 5.32 Å². The molecule has 0 amide bonds. The van der Waals surface area contributed by atoms with E-state index in [0.29, 0.717) is 18.5 Å².